The zero-order chi connectivity index (χ0) is 44.9. The normalized spacial score (nSPS) is 11.8. The summed E-state index contributed by atoms with van der Waals surface area (Å²) in [6.45, 7) is 0.0559. The van der Waals surface area contributed by atoms with Gasteiger partial charge in [-0.05, 0) is 71.8 Å². The number of aromatic nitrogens is 12. The molecule has 0 bridgehead atoms. The molecule has 64 heavy (non-hydrogen) atoms. The number of alkyl halides is 6. The topological polar surface area (TPSA) is 210 Å². The maximum atomic E-state index is 12.8. The van der Waals surface area contributed by atoms with Crippen molar-refractivity contribution in [1.29, 1.82) is 10.5 Å². The number of hydrogen-bond acceptors (Lipinski definition) is 10. The molecule has 6 heterocycles. The largest absolute Gasteiger partial charge is 0.416 e. The van der Waals surface area contributed by atoms with Crippen molar-refractivity contribution in [2.24, 2.45) is 0 Å². The van der Waals surface area contributed by atoms with Gasteiger partial charge < -0.3 is 9.97 Å². The average Bonchev–Trinajstić information content (AvgIpc) is 4.06. The predicted octanol–water partition coefficient (Wildman–Crippen LogP) is 6.79. The van der Waals surface area contributed by atoms with E-state index in [-0.39, 0.29) is 30.6 Å². The summed E-state index contributed by atoms with van der Waals surface area (Å²) in [7, 11) is 0. The number of nitrogens with one attached hydrogen (secondary N) is 2. The van der Waals surface area contributed by atoms with Gasteiger partial charge in [0.1, 0.15) is 23.7 Å². The van der Waals surface area contributed by atoms with Crippen molar-refractivity contribution in [1.82, 2.24) is 58.1 Å². The van der Waals surface area contributed by atoms with Crippen LogP contribution in [-0.4, -0.2) is 58.1 Å². The Morgan fingerprint density at radius 1 is 0.547 bits per heavy atom. The summed E-state index contributed by atoms with van der Waals surface area (Å²) in [4.78, 5) is 56.3. The first-order valence-corrected chi connectivity index (χ1v) is 18.7. The van der Waals surface area contributed by atoms with Crippen LogP contribution in [0.2, 0.25) is 0 Å². The molecule has 0 atom stereocenters. The first-order chi connectivity index (χ1) is 30.7. The minimum absolute atomic E-state index is 0.0245. The van der Waals surface area contributed by atoms with Gasteiger partial charge in [0.25, 0.3) is 0 Å². The summed E-state index contributed by atoms with van der Waals surface area (Å²) in [5.41, 5.74) is 3.38. The number of nitrogens with zero attached hydrogens (tertiary/aromatic N) is 12. The van der Waals surface area contributed by atoms with Crippen LogP contribution >= 0.6 is 0 Å². The van der Waals surface area contributed by atoms with Gasteiger partial charge in [-0.1, -0.05) is 24.3 Å². The lowest BCUT2D eigenvalue weighted by Crippen LogP contribution is -2.18. The third-order valence-corrected chi connectivity index (χ3v) is 10.0. The lowest BCUT2D eigenvalue weighted by atomic mass is 10.1. The molecule has 10 rings (SSSR count). The van der Waals surface area contributed by atoms with Crippen molar-refractivity contribution in [3.8, 4) is 24.0 Å². The molecule has 0 saturated heterocycles. The number of H-pyrrole nitrogens is 2. The number of hydrogen-bond donors (Lipinski definition) is 2. The number of fused-ring (bicyclic) bond motifs is 4. The Bertz CT molecular complexity index is 3620. The maximum absolute atomic E-state index is 12.8. The van der Waals surface area contributed by atoms with E-state index in [2.05, 4.69) is 52.0 Å². The molecule has 6 aromatic heterocycles. The summed E-state index contributed by atoms with van der Waals surface area (Å²) < 4.78 is 82.7. The minimum Gasteiger partial charge on any atom is -0.303 e. The second-order valence-electron chi connectivity index (χ2n) is 14.1. The van der Waals surface area contributed by atoms with Crippen LogP contribution in [0.1, 0.15) is 33.4 Å². The van der Waals surface area contributed by atoms with Crippen LogP contribution < -0.4 is 11.4 Å². The molecule has 16 nitrogen and oxygen atoms in total. The fourth-order valence-corrected chi connectivity index (χ4v) is 6.84. The Morgan fingerprint density at radius 3 is 1.48 bits per heavy atom. The van der Waals surface area contributed by atoms with Gasteiger partial charge in [-0.25, -0.2) is 29.5 Å². The van der Waals surface area contributed by atoms with E-state index < -0.39 is 34.9 Å². The van der Waals surface area contributed by atoms with Gasteiger partial charge in [0, 0.05) is 0 Å². The highest BCUT2D eigenvalue weighted by atomic mass is 19.4. The molecule has 22 heteroatoms. The number of nitriles is 2. The van der Waals surface area contributed by atoms with Crippen LogP contribution in [0.3, 0.4) is 0 Å². The van der Waals surface area contributed by atoms with E-state index in [0.717, 1.165) is 24.3 Å². The molecule has 0 radical (unpaired) electrons. The molecule has 0 fully saturated rings. The SMILES string of the molecule is N#Cc1ccc2c(c1)ncn2-c1ncc2[nH]c(=O)n(Cc3ccc(C(F)(F)F)cc3)c2n1.N#Cc1ccc2ncn(-c3ncc4[nH]c(=O)n(Cc5ccc(C(F)(F)F)cc5)c4n3)c2c1. The third-order valence-electron chi connectivity index (χ3n) is 10.0. The van der Waals surface area contributed by atoms with Crippen LogP contribution in [0, 0.1) is 22.7 Å². The first kappa shape index (κ1) is 40.5. The van der Waals surface area contributed by atoms with Crippen LogP contribution in [-0.2, 0) is 25.4 Å². The maximum Gasteiger partial charge on any atom is 0.416 e. The fraction of sp³-hybridized carbons (Fsp3) is 0.0952. The second-order valence-corrected chi connectivity index (χ2v) is 14.1. The molecular formula is C42H24F6N14O2. The van der Waals surface area contributed by atoms with Crippen LogP contribution in [0.5, 0.6) is 0 Å². The number of imidazole rings is 4. The van der Waals surface area contributed by atoms with E-state index >= 15 is 0 Å². The standard InChI is InChI=1S/2C21H12F3N7O/c22-21(23,24)14-4-1-12(2-5-14)10-30-18-16(28-20(30)32)9-26-19(29-18)31-11-27-15-7-13(8-25)3-6-17(15)31;22-21(23,24)14-4-1-12(2-5-14)10-30-18-16(28-20(30)32)9-26-19(29-18)31-11-27-15-6-3-13(8-25)7-17(15)31/h2*1-7,9,11H,10H2,(H,28,32). The van der Waals surface area contributed by atoms with E-state index in [0.29, 0.717) is 61.0 Å². The van der Waals surface area contributed by atoms with Crippen molar-refractivity contribution < 1.29 is 26.3 Å². The van der Waals surface area contributed by atoms with Crippen molar-refractivity contribution in [2.45, 2.75) is 25.4 Å². The Morgan fingerprint density at radius 2 is 1.00 bits per heavy atom. The third kappa shape index (κ3) is 7.66. The molecule has 2 N–H and O–H groups in total. The number of halogens is 6. The lowest BCUT2D eigenvalue weighted by molar-refractivity contribution is -0.138. The molecule has 0 unspecified atom stereocenters. The molecule has 0 amide bonds. The molecule has 4 aromatic carbocycles. The highest BCUT2D eigenvalue weighted by Gasteiger charge is 2.31. The summed E-state index contributed by atoms with van der Waals surface area (Å²) >= 11 is 0. The summed E-state index contributed by atoms with van der Waals surface area (Å²) in [5.74, 6) is 0.486. The molecule has 0 spiro atoms. The number of benzene rings is 4. The average molecular weight is 871 g/mol. The van der Waals surface area contributed by atoms with Crippen LogP contribution in [0.4, 0.5) is 26.3 Å². The lowest BCUT2D eigenvalue weighted by Gasteiger charge is -2.08. The van der Waals surface area contributed by atoms with E-state index in [1.165, 1.54) is 58.4 Å². The number of aromatic amines is 2. The predicted molar refractivity (Wildman–Crippen MR) is 216 cm³/mol. The van der Waals surface area contributed by atoms with Crippen molar-refractivity contribution in [2.75, 3.05) is 0 Å². The second kappa shape index (κ2) is 15.5. The highest BCUT2D eigenvalue weighted by Crippen LogP contribution is 2.30. The Labute approximate surface area is 352 Å². The molecule has 0 aliphatic heterocycles. The van der Waals surface area contributed by atoms with Crippen molar-refractivity contribution >= 4 is 44.4 Å². The first-order valence-electron chi connectivity index (χ1n) is 18.7. The quantitative estimate of drug-likeness (QED) is 0.167. The van der Waals surface area contributed by atoms with Gasteiger partial charge in [0.2, 0.25) is 11.9 Å². The van der Waals surface area contributed by atoms with Crippen molar-refractivity contribution in [3.05, 3.63) is 164 Å². The van der Waals surface area contributed by atoms with Gasteiger partial charge >= 0.3 is 23.7 Å². The zero-order valence-corrected chi connectivity index (χ0v) is 32.3. The van der Waals surface area contributed by atoms with Gasteiger partial charge in [-0.3, -0.25) is 18.3 Å². The van der Waals surface area contributed by atoms with Gasteiger partial charge in [-0.15, -0.1) is 0 Å². The zero-order valence-electron chi connectivity index (χ0n) is 32.3. The van der Waals surface area contributed by atoms with E-state index in [1.54, 1.807) is 45.5 Å². The number of rotatable bonds is 6. The van der Waals surface area contributed by atoms with Gasteiger partial charge in [0.05, 0.1) is 81.9 Å². The van der Waals surface area contributed by atoms with E-state index in [1.807, 2.05) is 0 Å². The smallest absolute Gasteiger partial charge is 0.303 e. The minimum atomic E-state index is -4.43. The van der Waals surface area contributed by atoms with E-state index in [9.17, 15) is 35.9 Å². The molecule has 0 saturated carbocycles. The molecule has 10 aromatic rings. The fourth-order valence-electron chi connectivity index (χ4n) is 6.84. The molecule has 0 aliphatic rings. The molecule has 316 valence electrons. The Kier molecular flexibility index (Phi) is 9.82. The van der Waals surface area contributed by atoms with Gasteiger partial charge in [0.15, 0.2) is 11.3 Å². The summed E-state index contributed by atoms with van der Waals surface area (Å²) in [6, 6.07) is 23.3. The summed E-state index contributed by atoms with van der Waals surface area (Å²) in [5, 5.41) is 18.2. The van der Waals surface area contributed by atoms with Crippen molar-refractivity contribution in [3.63, 3.8) is 0 Å². The summed E-state index contributed by atoms with van der Waals surface area (Å²) in [6.07, 6.45) is -2.94. The van der Waals surface area contributed by atoms with Crippen LogP contribution in [0.15, 0.2) is 120 Å². The van der Waals surface area contributed by atoms with E-state index in [4.69, 9.17) is 10.5 Å². The Hall–Kier alpha value is -8.92. The highest BCUT2D eigenvalue weighted by molar-refractivity contribution is 5.80. The Balaban J connectivity index is 0.000000162. The molecular weight excluding hydrogens is 847 g/mol. The monoisotopic (exact) mass is 870 g/mol. The molecule has 0 aliphatic carbocycles. The van der Waals surface area contributed by atoms with Crippen LogP contribution in [0.25, 0.3) is 56.3 Å². The van der Waals surface area contributed by atoms with Gasteiger partial charge in [-0.2, -0.15) is 46.8 Å².